The largest absolute Gasteiger partial charge is 0.284 e. The molecule has 0 aliphatic carbocycles. The third kappa shape index (κ3) is 4.58. The van der Waals surface area contributed by atoms with Crippen LogP contribution in [0.25, 0.3) is 11.3 Å². The predicted molar refractivity (Wildman–Crippen MR) is 118 cm³/mol. The second-order valence-electron chi connectivity index (χ2n) is 6.76. The Morgan fingerprint density at radius 3 is 2.38 bits per heavy atom. The number of rotatable bonds is 6. The lowest BCUT2D eigenvalue weighted by atomic mass is 10.1. The Morgan fingerprint density at radius 2 is 1.69 bits per heavy atom. The van der Waals surface area contributed by atoms with Gasteiger partial charge >= 0.3 is 0 Å². The van der Waals surface area contributed by atoms with Gasteiger partial charge in [0.25, 0.3) is 5.91 Å². The van der Waals surface area contributed by atoms with Gasteiger partial charge in [-0.2, -0.15) is 0 Å². The number of benzene rings is 2. The standard InChI is InChI=1S/C24H21N3OS/c1-18-12-13-21(16-25-18)23(28)27(15-14-19-8-4-2-5-9-19)24-26-22(17-29-24)20-10-6-3-7-11-20/h2-13,16-17H,14-15H2,1H3. The molecule has 2 aromatic heterocycles. The molecular weight excluding hydrogens is 378 g/mol. The van der Waals surface area contributed by atoms with E-state index in [1.165, 1.54) is 16.9 Å². The Hall–Kier alpha value is -3.31. The molecule has 4 aromatic rings. The van der Waals surface area contributed by atoms with Crippen molar-refractivity contribution in [3.8, 4) is 11.3 Å². The highest BCUT2D eigenvalue weighted by Crippen LogP contribution is 2.28. The van der Waals surface area contributed by atoms with Gasteiger partial charge in [0.1, 0.15) is 0 Å². The van der Waals surface area contributed by atoms with Gasteiger partial charge in [0.05, 0.1) is 11.3 Å². The van der Waals surface area contributed by atoms with Crippen LogP contribution in [-0.2, 0) is 6.42 Å². The van der Waals surface area contributed by atoms with Gasteiger partial charge in [0.15, 0.2) is 5.13 Å². The molecular formula is C24H21N3OS. The maximum Gasteiger partial charge on any atom is 0.261 e. The van der Waals surface area contributed by atoms with E-state index < -0.39 is 0 Å². The second kappa shape index (κ2) is 8.80. The minimum Gasteiger partial charge on any atom is -0.284 e. The summed E-state index contributed by atoms with van der Waals surface area (Å²) in [4.78, 5) is 24.1. The van der Waals surface area contributed by atoms with Crippen molar-refractivity contribution in [3.63, 3.8) is 0 Å². The van der Waals surface area contributed by atoms with Crippen molar-refractivity contribution in [3.05, 3.63) is 101 Å². The van der Waals surface area contributed by atoms with Crippen molar-refractivity contribution in [1.82, 2.24) is 9.97 Å². The average molecular weight is 400 g/mol. The third-order valence-electron chi connectivity index (χ3n) is 4.66. The average Bonchev–Trinajstić information content (AvgIpc) is 3.26. The number of anilines is 1. The molecule has 0 N–H and O–H groups in total. The molecule has 0 radical (unpaired) electrons. The topological polar surface area (TPSA) is 46.1 Å². The molecule has 0 bridgehead atoms. The summed E-state index contributed by atoms with van der Waals surface area (Å²) >= 11 is 1.49. The SMILES string of the molecule is Cc1ccc(C(=O)N(CCc2ccccc2)c2nc(-c3ccccc3)cs2)cn1. The van der Waals surface area contributed by atoms with E-state index in [1.54, 1.807) is 11.1 Å². The van der Waals surface area contributed by atoms with Crippen LogP contribution < -0.4 is 4.90 Å². The minimum atomic E-state index is -0.0811. The first-order valence-corrected chi connectivity index (χ1v) is 10.4. The molecule has 2 aromatic carbocycles. The van der Waals surface area contributed by atoms with Crippen molar-refractivity contribution in [2.24, 2.45) is 0 Å². The number of nitrogens with zero attached hydrogens (tertiary/aromatic N) is 3. The maximum absolute atomic E-state index is 13.3. The highest BCUT2D eigenvalue weighted by atomic mass is 32.1. The molecule has 0 unspecified atom stereocenters. The van der Waals surface area contributed by atoms with Gasteiger partial charge in [-0.3, -0.25) is 14.7 Å². The summed E-state index contributed by atoms with van der Waals surface area (Å²) in [5, 5.41) is 2.70. The summed E-state index contributed by atoms with van der Waals surface area (Å²) in [5.41, 5.74) is 4.57. The van der Waals surface area contributed by atoms with Gasteiger partial charge in [0, 0.05) is 29.4 Å². The Bertz CT molecular complexity index is 1080. The van der Waals surface area contributed by atoms with E-state index in [1.807, 2.05) is 73.0 Å². The lowest BCUT2D eigenvalue weighted by Gasteiger charge is -2.20. The zero-order chi connectivity index (χ0) is 20.1. The number of thiazole rings is 1. The highest BCUT2D eigenvalue weighted by Gasteiger charge is 2.21. The molecule has 0 saturated carbocycles. The fraction of sp³-hybridized carbons (Fsp3) is 0.125. The Kier molecular flexibility index (Phi) is 5.77. The summed E-state index contributed by atoms with van der Waals surface area (Å²) in [5.74, 6) is -0.0811. The van der Waals surface area contributed by atoms with Crippen molar-refractivity contribution in [2.45, 2.75) is 13.3 Å². The Balaban J connectivity index is 1.63. The van der Waals surface area contributed by atoms with Crippen LogP contribution in [0.15, 0.2) is 84.4 Å². The molecule has 1 amide bonds. The number of pyridine rings is 1. The van der Waals surface area contributed by atoms with Crippen LogP contribution in [0.4, 0.5) is 5.13 Å². The number of hydrogen-bond acceptors (Lipinski definition) is 4. The fourth-order valence-electron chi connectivity index (χ4n) is 3.05. The van der Waals surface area contributed by atoms with Crippen molar-refractivity contribution in [1.29, 1.82) is 0 Å². The maximum atomic E-state index is 13.3. The Labute approximate surface area is 174 Å². The first-order chi connectivity index (χ1) is 14.2. The molecule has 144 valence electrons. The number of carbonyl (C=O) groups is 1. The van der Waals surface area contributed by atoms with Gasteiger partial charge in [-0.15, -0.1) is 11.3 Å². The molecule has 0 aliphatic heterocycles. The minimum absolute atomic E-state index is 0.0811. The van der Waals surface area contributed by atoms with Gasteiger partial charge in [-0.25, -0.2) is 4.98 Å². The van der Waals surface area contributed by atoms with Crippen molar-refractivity contribution in [2.75, 3.05) is 11.4 Å². The van der Waals surface area contributed by atoms with E-state index in [0.717, 1.165) is 23.4 Å². The summed E-state index contributed by atoms with van der Waals surface area (Å²) in [6.45, 7) is 2.47. The van der Waals surface area contributed by atoms with E-state index in [0.29, 0.717) is 17.2 Å². The van der Waals surface area contributed by atoms with Crippen LogP contribution in [0.5, 0.6) is 0 Å². The zero-order valence-electron chi connectivity index (χ0n) is 16.2. The Morgan fingerprint density at radius 1 is 0.966 bits per heavy atom. The molecule has 0 saturated heterocycles. The van der Waals surface area contributed by atoms with E-state index in [9.17, 15) is 4.79 Å². The number of carbonyl (C=O) groups excluding carboxylic acids is 1. The molecule has 29 heavy (non-hydrogen) atoms. The van der Waals surface area contributed by atoms with Gasteiger partial charge < -0.3 is 0 Å². The van der Waals surface area contributed by atoms with Crippen LogP contribution in [0.1, 0.15) is 21.6 Å². The third-order valence-corrected chi connectivity index (χ3v) is 5.53. The summed E-state index contributed by atoms with van der Waals surface area (Å²) in [6.07, 6.45) is 2.39. The van der Waals surface area contributed by atoms with Crippen LogP contribution in [-0.4, -0.2) is 22.4 Å². The number of amides is 1. The van der Waals surface area contributed by atoms with Gasteiger partial charge in [-0.05, 0) is 31.0 Å². The normalized spacial score (nSPS) is 10.7. The number of aryl methyl sites for hydroxylation is 1. The molecule has 5 heteroatoms. The molecule has 2 heterocycles. The number of hydrogen-bond donors (Lipinski definition) is 0. The quantitative estimate of drug-likeness (QED) is 0.436. The highest BCUT2D eigenvalue weighted by molar-refractivity contribution is 7.14. The van der Waals surface area contributed by atoms with Crippen molar-refractivity contribution >= 4 is 22.4 Å². The zero-order valence-corrected chi connectivity index (χ0v) is 17.0. The lowest BCUT2D eigenvalue weighted by molar-refractivity contribution is 0.0987. The van der Waals surface area contributed by atoms with E-state index in [-0.39, 0.29) is 5.91 Å². The lowest BCUT2D eigenvalue weighted by Crippen LogP contribution is -2.33. The second-order valence-corrected chi connectivity index (χ2v) is 7.60. The van der Waals surface area contributed by atoms with Crippen LogP contribution in [0.3, 0.4) is 0 Å². The smallest absolute Gasteiger partial charge is 0.261 e. The molecule has 4 nitrogen and oxygen atoms in total. The van der Waals surface area contributed by atoms with E-state index >= 15 is 0 Å². The van der Waals surface area contributed by atoms with Crippen LogP contribution >= 0.6 is 11.3 Å². The van der Waals surface area contributed by atoms with Crippen molar-refractivity contribution < 1.29 is 4.79 Å². The van der Waals surface area contributed by atoms with E-state index in [2.05, 4.69) is 17.1 Å². The molecule has 0 spiro atoms. The van der Waals surface area contributed by atoms with Crippen LogP contribution in [0.2, 0.25) is 0 Å². The van der Waals surface area contributed by atoms with Gasteiger partial charge in [-0.1, -0.05) is 60.7 Å². The summed E-state index contributed by atoms with van der Waals surface area (Å²) < 4.78 is 0. The predicted octanol–water partition coefficient (Wildman–Crippen LogP) is 5.40. The first kappa shape index (κ1) is 19.0. The number of aromatic nitrogens is 2. The molecule has 0 fully saturated rings. The monoisotopic (exact) mass is 399 g/mol. The van der Waals surface area contributed by atoms with E-state index in [4.69, 9.17) is 4.98 Å². The first-order valence-electron chi connectivity index (χ1n) is 9.50. The van der Waals surface area contributed by atoms with Crippen LogP contribution in [0, 0.1) is 6.92 Å². The van der Waals surface area contributed by atoms with Gasteiger partial charge in [0.2, 0.25) is 0 Å². The molecule has 4 rings (SSSR count). The molecule has 0 aliphatic rings. The molecule has 0 atom stereocenters. The summed E-state index contributed by atoms with van der Waals surface area (Å²) in [6, 6.07) is 23.9. The summed E-state index contributed by atoms with van der Waals surface area (Å²) in [7, 11) is 0. The fourth-order valence-corrected chi connectivity index (χ4v) is 3.91.